The van der Waals surface area contributed by atoms with Crippen LogP contribution in [0.15, 0.2) is 0 Å². The Morgan fingerprint density at radius 2 is 0.967 bits per heavy atom. The van der Waals surface area contributed by atoms with E-state index in [0.717, 1.165) is 0 Å². The fraction of sp³-hybridized carbons (Fsp3) is 1.00. The highest BCUT2D eigenvalue weighted by molar-refractivity contribution is 7.84. The van der Waals surface area contributed by atoms with Crippen molar-refractivity contribution in [3.63, 3.8) is 0 Å². The zero-order valence-electron chi connectivity index (χ0n) is 14.6. The number of nitrogens with zero attached hydrogens (tertiary/aromatic N) is 1. The highest BCUT2D eigenvalue weighted by Gasteiger charge is 2.97. The molecule has 0 aromatic rings. The first-order valence-electron chi connectivity index (χ1n) is 7.65. The summed E-state index contributed by atoms with van der Waals surface area (Å²) in [5.41, 5.74) is -14.6. The minimum absolute atomic E-state index is 0.137. The lowest BCUT2D eigenvalue weighted by Gasteiger charge is -2.49. The van der Waals surface area contributed by atoms with E-state index in [1.54, 1.807) is 0 Å². The van der Waals surface area contributed by atoms with Crippen molar-refractivity contribution in [1.82, 2.24) is 4.31 Å². The van der Waals surface area contributed by atoms with Crippen molar-refractivity contribution in [2.45, 2.75) is 55.2 Å². The minimum atomic E-state index is -7.62. The first-order valence-corrected chi connectivity index (χ1v) is 9.01. The Morgan fingerprint density at radius 1 is 0.633 bits per heavy atom. The number of ether oxygens (including phenoxy) is 1. The van der Waals surface area contributed by atoms with Gasteiger partial charge < -0.3 is 4.74 Å². The van der Waals surface area contributed by atoms with Gasteiger partial charge in [0.2, 0.25) is 0 Å². The van der Waals surface area contributed by atoms with Crippen LogP contribution in [0, 0.1) is 0 Å². The molecule has 1 aliphatic heterocycles. The Balaban J connectivity index is 4.04. The van der Waals surface area contributed by atoms with E-state index in [1.807, 2.05) is 0 Å². The molecule has 0 bridgehead atoms. The van der Waals surface area contributed by atoms with Crippen LogP contribution in [-0.4, -0.2) is 68.8 Å². The molecule has 0 aliphatic carbocycles. The summed E-state index contributed by atoms with van der Waals surface area (Å²) in [7, 11) is -7.14. The maximum absolute atomic E-state index is 13.5. The standard InChI is InChI=1S/C12H13F12NO4S/c1-28-7(9(13,14)15,10(16,17)18)8(11(19,20)21,12(22,23)24)29-30(26,27)25-5-3-2-4-6-25/h2-6H2,1H3. The Kier molecular flexibility index (Phi) is 7.06. The molecule has 1 heterocycles. The van der Waals surface area contributed by atoms with Crippen LogP contribution in [0.2, 0.25) is 0 Å². The van der Waals surface area contributed by atoms with Crippen molar-refractivity contribution in [3.8, 4) is 0 Å². The highest BCUT2D eigenvalue weighted by Crippen LogP contribution is 2.63. The van der Waals surface area contributed by atoms with Crippen LogP contribution in [0.3, 0.4) is 0 Å². The molecular formula is C12H13F12NO4S. The number of rotatable bonds is 5. The first kappa shape index (κ1) is 27.0. The molecule has 0 unspecified atom stereocenters. The number of halogens is 12. The maximum atomic E-state index is 13.5. The summed E-state index contributed by atoms with van der Waals surface area (Å²) in [5, 5.41) is 0. The van der Waals surface area contributed by atoms with Gasteiger partial charge in [0.25, 0.3) is 0 Å². The zero-order chi connectivity index (χ0) is 24.0. The molecule has 0 aromatic heterocycles. The smallest absolute Gasteiger partial charge is 0.359 e. The molecular weight excluding hydrogens is 482 g/mol. The highest BCUT2D eigenvalue weighted by atomic mass is 32.2. The van der Waals surface area contributed by atoms with Crippen molar-refractivity contribution in [2.24, 2.45) is 0 Å². The largest absolute Gasteiger partial charge is 0.431 e. The van der Waals surface area contributed by atoms with Gasteiger partial charge in [-0.05, 0) is 12.8 Å². The summed E-state index contributed by atoms with van der Waals surface area (Å²) < 4.78 is 190. The molecule has 30 heavy (non-hydrogen) atoms. The lowest BCUT2D eigenvalue weighted by molar-refractivity contribution is -0.492. The molecule has 1 aliphatic rings. The molecule has 0 amide bonds. The Morgan fingerprint density at radius 3 is 1.23 bits per heavy atom. The van der Waals surface area contributed by atoms with Crippen LogP contribution in [0.5, 0.6) is 0 Å². The number of piperidine rings is 1. The maximum Gasteiger partial charge on any atom is 0.431 e. The Hall–Kier alpha value is -1.01. The second-order valence-corrected chi connectivity index (χ2v) is 7.60. The Labute approximate surface area is 161 Å². The van der Waals surface area contributed by atoms with Gasteiger partial charge in [0.15, 0.2) is 0 Å². The van der Waals surface area contributed by atoms with E-state index in [4.69, 9.17) is 0 Å². The Bertz CT molecular complexity index is 675. The van der Waals surface area contributed by atoms with Crippen molar-refractivity contribution in [2.75, 3.05) is 20.2 Å². The molecule has 0 spiro atoms. The van der Waals surface area contributed by atoms with E-state index < -0.39 is 66.4 Å². The fourth-order valence-electron chi connectivity index (χ4n) is 2.95. The third-order valence-corrected chi connectivity index (χ3v) is 5.72. The third-order valence-electron chi connectivity index (χ3n) is 4.26. The van der Waals surface area contributed by atoms with Crippen molar-refractivity contribution in [1.29, 1.82) is 0 Å². The van der Waals surface area contributed by atoms with Gasteiger partial charge in [0.1, 0.15) is 0 Å². The van der Waals surface area contributed by atoms with Gasteiger partial charge in [-0.3, -0.25) is 0 Å². The predicted octanol–water partition coefficient (Wildman–Crippen LogP) is 4.11. The normalized spacial score (nSPS) is 19.2. The second kappa shape index (κ2) is 7.84. The predicted molar refractivity (Wildman–Crippen MR) is 72.1 cm³/mol. The van der Waals surface area contributed by atoms with Gasteiger partial charge in [0.05, 0.1) is 0 Å². The number of hydrogen-bond donors (Lipinski definition) is 0. The zero-order valence-corrected chi connectivity index (χ0v) is 15.4. The summed E-state index contributed by atoms with van der Waals surface area (Å²) in [4.78, 5) is 0. The molecule has 0 N–H and O–H groups in total. The summed E-state index contributed by atoms with van der Waals surface area (Å²) in [5.74, 6) is 0. The van der Waals surface area contributed by atoms with Gasteiger partial charge in [-0.1, -0.05) is 6.42 Å². The van der Waals surface area contributed by atoms with Crippen LogP contribution < -0.4 is 0 Å². The van der Waals surface area contributed by atoms with Gasteiger partial charge >= 0.3 is 46.2 Å². The number of methoxy groups -OCH3 is 1. The van der Waals surface area contributed by atoms with E-state index in [2.05, 4.69) is 8.92 Å². The molecule has 0 radical (unpaired) electrons. The quantitative estimate of drug-likeness (QED) is 0.539. The number of alkyl halides is 12. The van der Waals surface area contributed by atoms with E-state index in [-0.39, 0.29) is 23.6 Å². The summed E-state index contributed by atoms with van der Waals surface area (Å²) in [6.07, 6.45) is -30.2. The fourth-order valence-corrected chi connectivity index (χ4v) is 4.38. The lowest BCUT2D eigenvalue weighted by Crippen LogP contribution is -2.82. The molecule has 0 aromatic carbocycles. The molecule has 18 heteroatoms. The van der Waals surface area contributed by atoms with Crippen LogP contribution in [0.1, 0.15) is 19.3 Å². The molecule has 0 atom stereocenters. The minimum Gasteiger partial charge on any atom is -0.359 e. The molecule has 5 nitrogen and oxygen atoms in total. The summed E-state index contributed by atoms with van der Waals surface area (Å²) in [6, 6.07) is 0. The summed E-state index contributed by atoms with van der Waals surface area (Å²) in [6.45, 7) is -1.57. The average Bonchev–Trinajstić information content (AvgIpc) is 2.50. The molecule has 1 saturated heterocycles. The monoisotopic (exact) mass is 495 g/mol. The van der Waals surface area contributed by atoms with E-state index in [1.165, 1.54) is 0 Å². The lowest BCUT2D eigenvalue weighted by atomic mass is 9.79. The van der Waals surface area contributed by atoms with Gasteiger partial charge in [0, 0.05) is 20.2 Å². The molecule has 0 saturated carbocycles. The second-order valence-electron chi connectivity index (χ2n) is 6.06. The van der Waals surface area contributed by atoms with E-state index in [9.17, 15) is 61.1 Å². The van der Waals surface area contributed by atoms with Crippen molar-refractivity contribution in [3.05, 3.63) is 0 Å². The van der Waals surface area contributed by atoms with E-state index in [0.29, 0.717) is 0 Å². The van der Waals surface area contributed by atoms with Crippen LogP contribution in [0.4, 0.5) is 52.7 Å². The average molecular weight is 495 g/mol. The van der Waals surface area contributed by atoms with Gasteiger partial charge in [-0.15, -0.1) is 0 Å². The van der Waals surface area contributed by atoms with Crippen molar-refractivity contribution < 1.29 is 70.0 Å². The van der Waals surface area contributed by atoms with E-state index >= 15 is 0 Å². The SMILES string of the molecule is COC(C(F)(F)F)(C(F)(F)F)C(OS(=O)(=O)N1CCCCC1)(C(F)(F)F)C(F)(F)F. The topological polar surface area (TPSA) is 55.8 Å². The van der Waals surface area contributed by atoms with Crippen LogP contribution >= 0.6 is 0 Å². The first-order chi connectivity index (χ1) is 13.1. The number of hydrogen-bond acceptors (Lipinski definition) is 4. The van der Waals surface area contributed by atoms with Crippen LogP contribution in [-0.2, 0) is 19.2 Å². The van der Waals surface area contributed by atoms with Gasteiger partial charge in [-0.25, -0.2) is 4.18 Å². The third kappa shape index (κ3) is 4.06. The molecule has 1 fully saturated rings. The summed E-state index contributed by atoms with van der Waals surface area (Å²) >= 11 is 0. The van der Waals surface area contributed by atoms with Crippen LogP contribution in [0.25, 0.3) is 0 Å². The van der Waals surface area contributed by atoms with Gasteiger partial charge in [-0.2, -0.15) is 65.4 Å². The molecule has 180 valence electrons. The van der Waals surface area contributed by atoms with Crippen molar-refractivity contribution >= 4 is 10.3 Å². The molecule has 1 rings (SSSR count).